The second kappa shape index (κ2) is 8.99. The Hall–Kier alpha value is -3.03. The van der Waals surface area contributed by atoms with Gasteiger partial charge in [-0.1, -0.05) is 18.0 Å². The SMILES string of the molecule is Cc1noc(-c2ccc(OC3CCCCC3)cn2)c1CNc1ncnc(C2CCC2)n1. The van der Waals surface area contributed by atoms with E-state index in [9.17, 15) is 0 Å². The second-order valence-corrected chi connectivity index (χ2v) is 8.48. The highest BCUT2D eigenvalue weighted by atomic mass is 16.5. The number of pyridine rings is 1. The van der Waals surface area contributed by atoms with Gasteiger partial charge in [-0.3, -0.25) is 0 Å². The van der Waals surface area contributed by atoms with Crippen LogP contribution in [-0.2, 0) is 6.54 Å². The molecule has 1 N–H and O–H groups in total. The minimum Gasteiger partial charge on any atom is -0.489 e. The summed E-state index contributed by atoms with van der Waals surface area (Å²) in [5.41, 5.74) is 2.50. The van der Waals surface area contributed by atoms with E-state index < -0.39 is 0 Å². The Labute approximate surface area is 181 Å². The van der Waals surface area contributed by atoms with E-state index in [0.717, 1.165) is 54.2 Å². The number of hydrogen-bond acceptors (Lipinski definition) is 8. The lowest BCUT2D eigenvalue weighted by Gasteiger charge is -2.23. The fraction of sp³-hybridized carbons (Fsp3) is 0.522. The highest BCUT2D eigenvalue weighted by Crippen LogP contribution is 2.34. The molecule has 8 heteroatoms. The van der Waals surface area contributed by atoms with Crippen molar-refractivity contribution < 1.29 is 9.26 Å². The summed E-state index contributed by atoms with van der Waals surface area (Å²) in [6.07, 6.45) is 13.3. The summed E-state index contributed by atoms with van der Waals surface area (Å²) < 4.78 is 11.7. The van der Waals surface area contributed by atoms with Gasteiger partial charge in [0.2, 0.25) is 5.95 Å². The van der Waals surface area contributed by atoms with Crippen LogP contribution < -0.4 is 10.1 Å². The Morgan fingerprint density at radius 1 is 1.03 bits per heavy atom. The molecule has 2 fully saturated rings. The summed E-state index contributed by atoms with van der Waals surface area (Å²) in [7, 11) is 0. The first-order valence-electron chi connectivity index (χ1n) is 11.3. The van der Waals surface area contributed by atoms with Crippen molar-refractivity contribution in [2.75, 3.05) is 5.32 Å². The van der Waals surface area contributed by atoms with Crippen LogP contribution in [-0.4, -0.2) is 31.2 Å². The van der Waals surface area contributed by atoms with Crippen molar-refractivity contribution in [1.29, 1.82) is 0 Å². The number of nitrogens with one attached hydrogen (secondary N) is 1. The Bertz CT molecular complexity index is 1010. The number of rotatable bonds is 7. The molecule has 0 bridgehead atoms. The summed E-state index contributed by atoms with van der Waals surface area (Å²) in [4.78, 5) is 17.7. The monoisotopic (exact) mass is 420 g/mol. The van der Waals surface area contributed by atoms with Gasteiger partial charge in [0.1, 0.15) is 23.6 Å². The Balaban J connectivity index is 1.27. The van der Waals surface area contributed by atoms with Crippen LogP contribution in [0.25, 0.3) is 11.5 Å². The maximum atomic E-state index is 6.09. The first-order chi connectivity index (χ1) is 15.3. The van der Waals surface area contributed by atoms with Gasteiger partial charge in [-0.2, -0.15) is 4.98 Å². The standard InChI is InChI=1S/C23H28N6O2/c1-15-19(13-25-23-27-14-26-22(28-23)16-6-5-7-16)21(31-29-15)20-11-10-18(12-24-20)30-17-8-3-2-4-9-17/h10-12,14,16-17H,2-9,13H2,1H3,(H,25,26,27,28). The van der Waals surface area contributed by atoms with Gasteiger partial charge in [0.25, 0.3) is 0 Å². The molecule has 0 spiro atoms. The van der Waals surface area contributed by atoms with Crippen molar-refractivity contribution in [1.82, 2.24) is 25.1 Å². The van der Waals surface area contributed by atoms with Crippen molar-refractivity contribution in [2.45, 2.75) is 76.9 Å². The quantitative estimate of drug-likeness (QED) is 0.581. The number of aryl methyl sites for hydroxylation is 1. The third kappa shape index (κ3) is 4.52. The van der Waals surface area contributed by atoms with Crippen molar-refractivity contribution in [3.05, 3.63) is 41.7 Å². The van der Waals surface area contributed by atoms with Crippen LogP contribution in [0.1, 0.15) is 74.4 Å². The molecule has 8 nitrogen and oxygen atoms in total. The molecule has 0 aromatic carbocycles. The molecule has 2 aliphatic rings. The fourth-order valence-corrected chi connectivity index (χ4v) is 4.18. The number of aromatic nitrogens is 5. The van der Waals surface area contributed by atoms with Gasteiger partial charge in [0.05, 0.1) is 18.0 Å². The zero-order valence-electron chi connectivity index (χ0n) is 17.9. The molecule has 0 aliphatic heterocycles. The van der Waals surface area contributed by atoms with Gasteiger partial charge in [-0.15, -0.1) is 0 Å². The lowest BCUT2D eigenvalue weighted by molar-refractivity contribution is 0.154. The molecule has 0 atom stereocenters. The maximum Gasteiger partial charge on any atom is 0.226 e. The summed E-state index contributed by atoms with van der Waals surface area (Å²) in [5.74, 6) is 3.38. The highest BCUT2D eigenvalue weighted by molar-refractivity contribution is 5.58. The van der Waals surface area contributed by atoms with Crippen LogP contribution in [0, 0.1) is 6.92 Å². The van der Waals surface area contributed by atoms with E-state index in [1.807, 2.05) is 19.1 Å². The first kappa shape index (κ1) is 19.9. The van der Waals surface area contributed by atoms with E-state index in [1.165, 1.54) is 25.7 Å². The summed E-state index contributed by atoms with van der Waals surface area (Å²) in [6, 6.07) is 3.89. The molecule has 2 aliphatic carbocycles. The van der Waals surface area contributed by atoms with Crippen LogP contribution in [0.3, 0.4) is 0 Å². The third-order valence-corrected chi connectivity index (χ3v) is 6.29. The van der Waals surface area contributed by atoms with Crippen molar-refractivity contribution in [2.24, 2.45) is 0 Å². The van der Waals surface area contributed by atoms with Gasteiger partial charge < -0.3 is 14.6 Å². The van der Waals surface area contributed by atoms with E-state index >= 15 is 0 Å². The minimum absolute atomic E-state index is 0.305. The Morgan fingerprint density at radius 2 is 1.90 bits per heavy atom. The van der Waals surface area contributed by atoms with E-state index in [1.54, 1.807) is 12.5 Å². The van der Waals surface area contributed by atoms with Gasteiger partial charge in [0.15, 0.2) is 5.76 Å². The molecule has 31 heavy (non-hydrogen) atoms. The van der Waals surface area contributed by atoms with Crippen molar-refractivity contribution in [3.63, 3.8) is 0 Å². The molecule has 0 unspecified atom stereocenters. The zero-order valence-corrected chi connectivity index (χ0v) is 17.9. The fourth-order valence-electron chi connectivity index (χ4n) is 4.18. The molecule has 3 aromatic heterocycles. The van der Waals surface area contributed by atoms with E-state index in [4.69, 9.17) is 9.26 Å². The summed E-state index contributed by atoms with van der Waals surface area (Å²) >= 11 is 0. The van der Waals surface area contributed by atoms with E-state index in [2.05, 4.69) is 30.4 Å². The second-order valence-electron chi connectivity index (χ2n) is 8.48. The molecule has 162 valence electrons. The number of ether oxygens (including phenoxy) is 1. The average Bonchev–Trinajstić information content (AvgIpc) is 3.13. The Kier molecular flexibility index (Phi) is 5.78. The van der Waals surface area contributed by atoms with Gasteiger partial charge in [-0.25, -0.2) is 15.0 Å². The zero-order chi connectivity index (χ0) is 21.0. The van der Waals surface area contributed by atoms with Crippen LogP contribution in [0.15, 0.2) is 29.2 Å². The molecule has 3 aromatic rings. The van der Waals surface area contributed by atoms with Crippen molar-refractivity contribution in [3.8, 4) is 17.2 Å². The average molecular weight is 421 g/mol. The number of anilines is 1. The maximum absolute atomic E-state index is 6.09. The smallest absolute Gasteiger partial charge is 0.226 e. The van der Waals surface area contributed by atoms with E-state index in [-0.39, 0.29) is 0 Å². The summed E-state index contributed by atoms with van der Waals surface area (Å²) in [6.45, 7) is 2.43. The summed E-state index contributed by atoms with van der Waals surface area (Å²) in [5, 5.41) is 7.44. The molecule has 0 saturated heterocycles. The van der Waals surface area contributed by atoms with E-state index in [0.29, 0.717) is 30.3 Å². The lowest BCUT2D eigenvalue weighted by atomic mass is 9.85. The number of nitrogens with zero attached hydrogens (tertiary/aromatic N) is 5. The van der Waals surface area contributed by atoms with Gasteiger partial charge in [0, 0.05) is 18.0 Å². The highest BCUT2D eigenvalue weighted by Gasteiger charge is 2.23. The van der Waals surface area contributed by atoms with Crippen LogP contribution in [0.2, 0.25) is 0 Å². The van der Waals surface area contributed by atoms with Crippen LogP contribution >= 0.6 is 0 Å². The molecule has 2 saturated carbocycles. The normalized spacial score (nSPS) is 17.3. The number of hydrogen-bond donors (Lipinski definition) is 1. The predicted molar refractivity (Wildman–Crippen MR) is 116 cm³/mol. The first-order valence-corrected chi connectivity index (χ1v) is 11.3. The molecule has 5 rings (SSSR count). The molecule has 0 radical (unpaired) electrons. The van der Waals surface area contributed by atoms with Crippen molar-refractivity contribution >= 4 is 5.95 Å². The molecular weight excluding hydrogens is 392 g/mol. The van der Waals surface area contributed by atoms with Gasteiger partial charge in [-0.05, 0) is 57.6 Å². The van der Waals surface area contributed by atoms with Crippen LogP contribution in [0.4, 0.5) is 5.95 Å². The Morgan fingerprint density at radius 3 is 2.65 bits per heavy atom. The minimum atomic E-state index is 0.305. The largest absolute Gasteiger partial charge is 0.489 e. The molecule has 3 heterocycles. The topological polar surface area (TPSA) is 98.9 Å². The predicted octanol–water partition coefficient (Wildman–Crippen LogP) is 4.82. The van der Waals surface area contributed by atoms with Gasteiger partial charge >= 0.3 is 0 Å². The molecule has 0 amide bonds. The third-order valence-electron chi connectivity index (χ3n) is 6.29. The van der Waals surface area contributed by atoms with Crippen LogP contribution in [0.5, 0.6) is 5.75 Å². The lowest BCUT2D eigenvalue weighted by Crippen LogP contribution is -2.19. The molecular formula is C23H28N6O2.